The molecule has 1 aromatic heterocycles. The van der Waals surface area contributed by atoms with Gasteiger partial charge < -0.3 is 0 Å². The summed E-state index contributed by atoms with van der Waals surface area (Å²) in [7, 11) is 0. The minimum absolute atomic E-state index is 1.24. The van der Waals surface area contributed by atoms with Gasteiger partial charge in [0.1, 0.15) is 0 Å². The van der Waals surface area contributed by atoms with Crippen LogP contribution in [0, 0.1) is 0 Å². The van der Waals surface area contributed by atoms with Gasteiger partial charge in [0.05, 0.1) is 0 Å². The number of hydrogen-bond donors (Lipinski definition) is 0. The molecule has 0 saturated heterocycles. The normalized spacial score (nSPS) is 11.8. The van der Waals surface area contributed by atoms with Gasteiger partial charge in [0.15, 0.2) is 0 Å². The molecule has 1 heterocycles. The first kappa shape index (κ1) is 26.5. The molecule has 0 spiro atoms. The summed E-state index contributed by atoms with van der Waals surface area (Å²) in [5.41, 5.74) is 7.62. The molecule has 0 aliphatic carbocycles. The molecule has 0 aliphatic heterocycles. The maximum Gasteiger partial charge on any atom is 0.0434 e. The fourth-order valence-electron chi connectivity index (χ4n) is 7.69. The Bertz CT molecular complexity index is 2780. The Morgan fingerprint density at radius 3 is 1.49 bits per heavy atom. The summed E-state index contributed by atoms with van der Waals surface area (Å²) >= 11 is 1.90. The van der Waals surface area contributed by atoms with Crippen LogP contribution in [0.5, 0.6) is 0 Å². The minimum Gasteiger partial charge on any atom is -0.135 e. The van der Waals surface area contributed by atoms with Crippen LogP contribution in [0.3, 0.4) is 0 Å². The highest BCUT2D eigenvalue weighted by Crippen LogP contribution is 2.48. The van der Waals surface area contributed by atoms with Crippen LogP contribution in [0.25, 0.3) is 96.6 Å². The molecule has 1 heteroatoms. The molecule has 0 aliphatic rings. The zero-order valence-corrected chi connectivity index (χ0v) is 26.4. The zero-order chi connectivity index (χ0) is 30.9. The minimum atomic E-state index is 1.24. The third-order valence-corrected chi connectivity index (χ3v) is 11.0. The van der Waals surface area contributed by atoms with Gasteiger partial charge in [-0.05, 0) is 95.3 Å². The van der Waals surface area contributed by atoms with Crippen molar-refractivity contribution in [2.24, 2.45) is 0 Å². The molecular formula is C46H28S. The molecule has 10 aromatic rings. The molecule has 9 aromatic carbocycles. The largest absolute Gasteiger partial charge is 0.135 e. The maximum atomic E-state index is 2.46. The number of rotatable bonds is 3. The average molecular weight is 613 g/mol. The topological polar surface area (TPSA) is 0 Å². The molecule has 10 rings (SSSR count). The Morgan fingerprint density at radius 2 is 0.809 bits per heavy atom. The van der Waals surface area contributed by atoms with Crippen molar-refractivity contribution in [2.45, 2.75) is 0 Å². The van der Waals surface area contributed by atoms with E-state index in [9.17, 15) is 0 Å². The molecule has 0 bridgehead atoms. The lowest BCUT2D eigenvalue weighted by Gasteiger charge is -2.19. The highest BCUT2D eigenvalue weighted by molar-refractivity contribution is 7.26. The summed E-state index contributed by atoms with van der Waals surface area (Å²) in [6.45, 7) is 0. The van der Waals surface area contributed by atoms with E-state index in [2.05, 4.69) is 170 Å². The van der Waals surface area contributed by atoms with Crippen LogP contribution < -0.4 is 0 Å². The van der Waals surface area contributed by atoms with E-state index in [0.717, 1.165) is 0 Å². The molecule has 0 fully saturated rings. The molecule has 0 saturated carbocycles. The molecule has 0 unspecified atom stereocenters. The van der Waals surface area contributed by atoms with E-state index in [1.807, 2.05) is 11.3 Å². The second-order valence-corrected chi connectivity index (χ2v) is 13.5. The van der Waals surface area contributed by atoms with Crippen molar-refractivity contribution in [3.63, 3.8) is 0 Å². The fourth-order valence-corrected chi connectivity index (χ4v) is 8.92. The molecule has 0 amide bonds. The Hall–Kier alpha value is -5.76. The Labute approximate surface area is 276 Å². The second kappa shape index (κ2) is 10.4. The zero-order valence-electron chi connectivity index (χ0n) is 25.6. The van der Waals surface area contributed by atoms with Crippen molar-refractivity contribution in [2.75, 3.05) is 0 Å². The molecular weight excluding hydrogens is 585 g/mol. The van der Waals surface area contributed by atoms with Crippen molar-refractivity contribution in [3.8, 4) is 33.4 Å². The van der Waals surface area contributed by atoms with Gasteiger partial charge in [-0.3, -0.25) is 0 Å². The van der Waals surface area contributed by atoms with Crippen molar-refractivity contribution in [1.82, 2.24) is 0 Å². The van der Waals surface area contributed by atoms with Gasteiger partial charge in [0.2, 0.25) is 0 Å². The van der Waals surface area contributed by atoms with Gasteiger partial charge in [-0.15, -0.1) is 11.3 Å². The SMILES string of the molecule is c1ccc(-c2ccc3cc(-c4c5ccccc5c(-c5cc6c7ccccc7sc6c6ccccc56)c5ccccc45)ccc3c2)cc1. The highest BCUT2D eigenvalue weighted by Gasteiger charge is 2.20. The van der Waals surface area contributed by atoms with E-state index >= 15 is 0 Å². The van der Waals surface area contributed by atoms with Gasteiger partial charge in [-0.25, -0.2) is 0 Å². The Morgan fingerprint density at radius 1 is 0.298 bits per heavy atom. The Kier molecular flexibility index (Phi) is 5.85. The lowest BCUT2D eigenvalue weighted by atomic mass is 9.84. The smallest absolute Gasteiger partial charge is 0.0434 e. The number of fused-ring (bicyclic) bond motifs is 8. The lowest BCUT2D eigenvalue weighted by molar-refractivity contribution is 1.64. The van der Waals surface area contributed by atoms with Crippen LogP contribution in [0.15, 0.2) is 170 Å². The quantitative estimate of drug-likeness (QED) is 0.174. The monoisotopic (exact) mass is 612 g/mol. The van der Waals surface area contributed by atoms with Crippen molar-refractivity contribution >= 4 is 74.6 Å². The molecule has 218 valence electrons. The van der Waals surface area contributed by atoms with Crippen molar-refractivity contribution < 1.29 is 0 Å². The van der Waals surface area contributed by atoms with E-state index < -0.39 is 0 Å². The number of benzene rings is 9. The third kappa shape index (κ3) is 4.07. The van der Waals surface area contributed by atoms with Crippen LogP contribution in [0.4, 0.5) is 0 Å². The van der Waals surface area contributed by atoms with Crippen LogP contribution in [-0.2, 0) is 0 Å². The van der Waals surface area contributed by atoms with Crippen LogP contribution in [0.1, 0.15) is 0 Å². The van der Waals surface area contributed by atoms with Gasteiger partial charge in [0.25, 0.3) is 0 Å². The van der Waals surface area contributed by atoms with E-state index in [4.69, 9.17) is 0 Å². The van der Waals surface area contributed by atoms with Gasteiger partial charge in [-0.1, -0.05) is 146 Å². The maximum absolute atomic E-state index is 2.46. The summed E-state index contributed by atoms with van der Waals surface area (Å²) in [6, 6.07) is 62.7. The number of thiophene rings is 1. The van der Waals surface area contributed by atoms with Crippen LogP contribution >= 0.6 is 11.3 Å². The molecule has 0 radical (unpaired) electrons. The molecule has 0 N–H and O–H groups in total. The summed E-state index contributed by atoms with van der Waals surface area (Å²) in [4.78, 5) is 0. The average Bonchev–Trinajstić information content (AvgIpc) is 3.52. The lowest BCUT2D eigenvalue weighted by Crippen LogP contribution is -1.92. The summed E-state index contributed by atoms with van der Waals surface area (Å²) in [5.74, 6) is 0. The van der Waals surface area contributed by atoms with E-state index in [0.29, 0.717) is 0 Å². The van der Waals surface area contributed by atoms with E-state index in [-0.39, 0.29) is 0 Å². The first-order valence-corrected chi connectivity index (χ1v) is 17.0. The van der Waals surface area contributed by atoms with E-state index in [1.165, 1.54) is 96.6 Å². The van der Waals surface area contributed by atoms with Gasteiger partial charge in [0, 0.05) is 25.6 Å². The predicted octanol–water partition coefficient (Wildman–Crippen LogP) is 13.7. The predicted molar refractivity (Wildman–Crippen MR) is 206 cm³/mol. The second-order valence-electron chi connectivity index (χ2n) is 12.4. The Balaban J connectivity index is 1.27. The standard InChI is InChI=1S/C46H28S/c1-2-12-29(13-3-1)30-22-23-32-27-33(25-24-31(32)26-30)44-36-16-5-7-18-38(36)45(39-19-8-6-17-37(39)44)41-28-42-35-15-10-11-21-43(35)47-46(42)40-20-9-4-14-34(40)41/h1-28H. The third-order valence-electron chi connectivity index (χ3n) is 9.82. The van der Waals surface area contributed by atoms with Crippen molar-refractivity contribution in [1.29, 1.82) is 0 Å². The summed E-state index contributed by atoms with van der Waals surface area (Å²) in [6.07, 6.45) is 0. The van der Waals surface area contributed by atoms with Gasteiger partial charge >= 0.3 is 0 Å². The van der Waals surface area contributed by atoms with Crippen LogP contribution in [-0.4, -0.2) is 0 Å². The molecule has 47 heavy (non-hydrogen) atoms. The molecule has 0 atom stereocenters. The fraction of sp³-hybridized carbons (Fsp3) is 0. The van der Waals surface area contributed by atoms with Gasteiger partial charge in [-0.2, -0.15) is 0 Å². The van der Waals surface area contributed by atoms with Crippen LogP contribution in [0.2, 0.25) is 0 Å². The number of hydrogen-bond acceptors (Lipinski definition) is 1. The first-order chi connectivity index (χ1) is 23.3. The van der Waals surface area contributed by atoms with Crippen molar-refractivity contribution in [3.05, 3.63) is 170 Å². The first-order valence-electron chi connectivity index (χ1n) is 16.2. The highest BCUT2D eigenvalue weighted by atomic mass is 32.1. The summed E-state index contributed by atoms with van der Waals surface area (Å²) < 4.78 is 2.70. The summed E-state index contributed by atoms with van der Waals surface area (Å²) in [5, 5.41) is 12.9. The molecule has 0 nitrogen and oxygen atoms in total. The van der Waals surface area contributed by atoms with E-state index in [1.54, 1.807) is 0 Å².